The van der Waals surface area contributed by atoms with Gasteiger partial charge in [0.05, 0.1) is 17.7 Å². The minimum absolute atomic E-state index is 0.114. The molecule has 1 heterocycles. The Bertz CT molecular complexity index is 525. The van der Waals surface area contributed by atoms with Crippen LogP contribution in [0, 0.1) is 5.82 Å². The lowest BCUT2D eigenvalue weighted by Crippen LogP contribution is -2.11. The topological polar surface area (TPSA) is 38.3 Å². The van der Waals surface area contributed by atoms with E-state index in [0.29, 0.717) is 10.6 Å². The van der Waals surface area contributed by atoms with Gasteiger partial charge in [-0.3, -0.25) is 4.79 Å². The lowest BCUT2D eigenvalue weighted by atomic mass is 10.2. The van der Waals surface area contributed by atoms with Gasteiger partial charge < -0.3 is 10.1 Å². The molecule has 0 fully saturated rings. The second-order valence-corrected chi connectivity index (χ2v) is 4.22. The van der Waals surface area contributed by atoms with E-state index in [2.05, 4.69) is 5.32 Å². The molecule has 0 spiro atoms. The number of methoxy groups -OCH3 is 1. The highest BCUT2D eigenvalue weighted by atomic mass is 32.1. The number of carbonyl (C=O) groups is 1. The molecular formula is C12H10FNO2S. The van der Waals surface area contributed by atoms with Crippen LogP contribution in [-0.4, -0.2) is 13.0 Å². The van der Waals surface area contributed by atoms with Crippen molar-refractivity contribution in [2.75, 3.05) is 12.4 Å². The van der Waals surface area contributed by atoms with Gasteiger partial charge >= 0.3 is 0 Å². The summed E-state index contributed by atoms with van der Waals surface area (Å²) < 4.78 is 18.4. The van der Waals surface area contributed by atoms with Gasteiger partial charge in [0.2, 0.25) is 0 Å². The van der Waals surface area contributed by atoms with Crippen LogP contribution in [0.4, 0.5) is 10.1 Å². The smallest absolute Gasteiger partial charge is 0.265 e. The first kappa shape index (κ1) is 11.6. The molecule has 17 heavy (non-hydrogen) atoms. The van der Waals surface area contributed by atoms with Crippen molar-refractivity contribution in [2.45, 2.75) is 0 Å². The summed E-state index contributed by atoms with van der Waals surface area (Å²) in [5, 5.41) is 4.29. The molecule has 0 aliphatic heterocycles. The Kier molecular flexibility index (Phi) is 3.39. The van der Waals surface area contributed by atoms with E-state index in [9.17, 15) is 9.18 Å². The molecule has 1 aromatic carbocycles. The summed E-state index contributed by atoms with van der Waals surface area (Å²) in [4.78, 5) is 12.3. The highest BCUT2D eigenvalue weighted by molar-refractivity contribution is 7.12. The monoisotopic (exact) mass is 251 g/mol. The lowest BCUT2D eigenvalue weighted by Gasteiger charge is -2.07. The Hall–Kier alpha value is -1.88. The summed E-state index contributed by atoms with van der Waals surface area (Å²) in [6.45, 7) is 0. The van der Waals surface area contributed by atoms with E-state index in [1.807, 2.05) is 0 Å². The highest BCUT2D eigenvalue weighted by Crippen LogP contribution is 2.22. The fraction of sp³-hybridized carbons (Fsp3) is 0.0833. The van der Waals surface area contributed by atoms with Crippen molar-refractivity contribution >= 4 is 22.9 Å². The third kappa shape index (κ3) is 2.62. The molecule has 3 nitrogen and oxygen atoms in total. The van der Waals surface area contributed by atoms with Crippen molar-refractivity contribution in [1.29, 1.82) is 0 Å². The molecule has 0 atom stereocenters. The zero-order chi connectivity index (χ0) is 12.3. The fourth-order valence-electron chi connectivity index (χ4n) is 1.32. The molecule has 0 saturated heterocycles. The standard InChI is InChI=1S/C12H10FNO2S/c1-16-8-4-5-9(13)10(7-8)14-12(15)11-3-2-6-17-11/h2-7H,1H3,(H,14,15). The van der Waals surface area contributed by atoms with Crippen LogP contribution in [0.2, 0.25) is 0 Å². The number of amides is 1. The van der Waals surface area contributed by atoms with Gasteiger partial charge in [0.1, 0.15) is 11.6 Å². The van der Waals surface area contributed by atoms with E-state index in [1.165, 1.54) is 36.6 Å². The van der Waals surface area contributed by atoms with Crippen LogP contribution in [0.15, 0.2) is 35.7 Å². The maximum Gasteiger partial charge on any atom is 0.265 e. The molecule has 1 amide bonds. The van der Waals surface area contributed by atoms with Crippen LogP contribution in [0.3, 0.4) is 0 Å². The number of thiophene rings is 1. The average Bonchev–Trinajstić information content (AvgIpc) is 2.85. The van der Waals surface area contributed by atoms with Gasteiger partial charge in [0, 0.05) is 6.07 Å². The van der Waals surface area contributed by atoms with E-state index in [4.69, 9.17) is 4.74 Å². The summed E-state index contributed by atoms with van der Waals surface area (Å²) in [7, 11) is 1.48. The highest BCUT2D eigenvalue weighted by Gasteiger charge is 2.10. The number of hydrogen-bond acceptors (Lipinski definition) is 3. The number of benzene rings is 1. The zero-order valence-electron chi connectivity index (χ0n) is 9.07. The molecule has 2 aromatic rings. The molecule has 1 N–H and O–H groups in total. The van der Waals surface area contributed by atoms with Gasteiger partial charge in [0.25, 0.3) is 5.91 Å². The third-order valence-electron chi connectivity index (χ3n) is 2.17. The molecule has 5 heteroatoms. The van der Waals surface area contributed by atoms with Gasteiger partial charge in [-0.05, 0) is 23.6 Å². The molecular weight excluding hydrogens is 241 g/mol. The number of anilines is 1. The van der Waals surface area contributed by atoms with E-state index in [-0.39, 0.29) is 11.6 Å². The number of rotatable bonds is 3. The Morgan fingerprint density at radius 1 is 1.41 bits per heavy atom. The maximum atomic E-state index is 13.4. The molecule has 0 saturated carbocycles. The summed E-state index contributed by atoms with van der Waals surface area (Å²) >= 11 is 1.30. The Morgan fingerprint density at radius 2 is 2.24 bits per heavy atom. The van der Waals surface area contributed by atoms with E-state index < -0.39 is 5.82 Å². The molecule has 0 unspecified atom stereocenters. The van der Waals surface area contributed by atoms with Crippen LogP contribution in [-0.2, 0) is 0 Å². The van der Waals surface area contributed by atoms with Crippen molar-refractivity contribution in [3.63, 3.8) is 0 Å². The van der Waals surface area contributed by atoms with E-state index in [0.717, 1.165) is 0 Å². The van der Waals surface area contributed by atoms with E-state index in [1.54, 1.807) is 17.5 Å². The first-order valence-corrected chi connectivity index (χ1v) is 5.77. The van der Waals surface area contributed by atoms with Crippen molar-refractivity contribution in [1.82, 2.24) is 0 Å². The Balaban J connectivity index is 2.21. The quantitative estimate of drug-likeness (QED) is 0.910. The maximum absolute atomic E-state index is 13.4. The van der Waals surface area contributed by atoms with Gasteiger partial charge in [-0.25, -0.2) is 4.39 Å². The van der Waals surface area contributed by atoms with E-state index >= 15 is 0 Å². The van der Waals surface area contributed by atoms with Gasteiger partial charge in [-0.1, -0.05) is 6.07 Å². The van der Waals surface area contributed by atoms with Crippen LogP contribution < -0.4 is 10.1 Å². The molecule has 0 aliphatic rings. The Morgan fingerprint density at radius 3 is 2.88 bits per heavy atom. The molecule has 0 aliphatic carbocycles. The predicted octanol–water partition coefficient (Wildman–Crippen LogP) is 3.15. The summed E-state index contributed by atoms with van der Waals surface area (Å²) in [5.74, 6) is -0.323. The second-order valence-electron chi connectivity index (χ2n) is 3.28. The number of carbonyl (C=O) groups excluding carboxylic acids is 1. The summed E-state index contributed by atoms with van der Waals surface area (Å²) in [5.41, 5.74) is 0.114. The molecule has 0 bridgehead atoms. The van der Waals surface area contributed by atoms with Crippen molar-refractivity contribution < 1.29 is 13.9 Å². The zero-order valence-corrected chi connectivity index (χ0v) is 9.88. The SMILES string of the molecule is COc1ccc(F)c(NC(=O)c2cccs2)c1. The normalized spacial score (nSPS) is 10.0. The fourth-order valence-corrected chi connectivity index (χ4v) is 1.94. The largest absolute Gasteiger partial charge is 0.497 e. The van der Waals surface area contributed by atoms with Crippen LogP contribution >= 0.6 is 11.3 Å². The van der Waals surface area contributed by atoms with Crippen molar-refractivity contribution in [3.8, 4) is 5.75 Å². The van der Waals surface area contributed by atoms with Gasteiger partial charge in [-0.2, -0.15) is 0 Å². The Labute approximate surface area is 102 Å². The molecule has 2 rings (SSSR count). The molecule has 88 valence electrons. The molecule has 1 aromatic heterocycles. The van der Waals surface area contributed by atoms with Gasteiger partial charge in [-0.15, -0.1) is 11.3 Å². The average molecular weight is 251 g/mol. The van der Waals surface area contributed by atoms with Crippen molar-refractivity contribution in [2.24, 2.45) is 0 Å². The molecule has 0 radical (unpaired) electrons. The minimum atomic E-state index is -0.490. The summed E-state index contributed by atoms with van der Waals surface area (Å²) in [6.07, 6.45) is 0. The second kappa shape index (κ2) is 4.97. The predicted molar refractivity (Wildman–Crippen MR) is 65.2 cm³/mol. The number of halogens is 1. The third-order valence-corrected chi connectivity index (χ3v) is 3.04. The number of ether oxygens (including phenoxy) is 1. The number of nitrogens with one attached hydrogen (secondary N) is 1. The summed E-state index contributed by atoms with van der Waals surface area (Å²) in [6, 6.07) is 7.64. The van der Waals surface area contributed by atoms with Crippen LogP contribution in [0.25, 0.3) is 0 Å². The van der Waals surface area contributed by atoms with Crippen LogP contribution in [0.1, 0.15) is 9.67 Å². The first-order chi connectivity index (χ1) is 8.20. The van der Waals surface area contributed by atoms with Crippen LogP contribution in [0.5, 0.6) is 5.75 Å². The lowest BCUT2D eigenvalue weighted by molar-refractivity contribution is 0.103. The minimum Gasteiger partial charge on any atom is -0.497 e. The number of hydrogen-bond donors (Lipinski definition) is 1. The van der Waals surface area contributed by atoms with Gasteiger partial charge in [0.15, 0.2) is 0 Å². The van der Waals surface area contributed by atoms with Crippen molar-refractivity contribution in [3.05, 3.63) is 46.4 Å². The first-order valence-electron chi connectivity index (χ1n) is 4.89.